The summed E-state index contributed by atoms with van der Waals surface area (Å²) in [5, 5.41) is 10.4. The Balaban J connectivity index is 2.25. The first-order valence-corrected chi connectivity index (χ1v) is 8.97. The Morgan fingerprint density at radius 2 is 2.00 bits per heavy atom. The third kappa shape index (κ3) is 2.94. The number of pyridine rings is 1. The van der Waals surface area contributed by atoms with Crippen molar-refractivity contribution in [2.45, 2.75) is 40.0 Å². The lowest BCUT2D eigenvalue weighted by molar-refractivity contribution is 0.0699. The van der Waals surface area contributed by atoms with Crippen LogP contribution < -0.4 is 0 Å². The second-order valence-electron chi connectivity index (χ2n) is 6.27. The Hall–Kier alpha value is -2.20. The van der Waals surface area contributed by atoms with E-state index in [0.717, 1.165) is 33.6 Å². The monoisotopic (exact) mass is 339 g/mol. The molecule has 0 spiro atoms. The van der Waals surface area contributed by atoms with E-state index in [1.807, 2.05) is 19.1 Å². The fraction of sp³-hybridized carbons (Fsp3) is 0.300. The van der Waals surface area contributed by atoms with E-state index in [1.54, 1.807) is 17.4 Å². The van der Waals surface area contributed by atoms with E-state index < -0.39 is 5.97 Å². The Morgan fingerprint density at radius 3 is 2.58 bits per heavy atom. The van der Waals surface area contributed by atoms with Gasteiger partial charge in [-0.15, -0.1) is 11.3 Å². The van der Waals surface area contributed by atoms with E-state index in [0.29, 0.717) is 16.9 Å². The molecule has 0 aliphatic heterocycles. The van der Waals surface area contributed by atoms with Crippen molar-refractivity contribution in [1.29, 1.82) is 0 Å². The van der Waals surface area contributed by atoms with Crippen LogP contribution in [0.1, 0.15) is 51.9 Å². The summed E-state index contributed by atoms with van der Waals surface area (Å²) in [6, 6.07) is 9.77. The second-order valence-corrected chi connectivity index (χ2v) is 7.73. The zero-order valence-electron chi connectivity index (χ0n) is 14.4. The molecule has 24 heavy (non-hydrogen) atoms. The lowest BCUT2D eigenvalue weighted by atomic mass is 9.95. The summed E-state index contributed by atoms with van der Waals surface area (Å²) in [4.78, 5) is 18.9. The van der Waals surface area contributed by atoms with E-state index in [4.69, 9.17) is 4.98 Å². The van der Waals surface area contributed by atoms with Crippen LogP contribution in [0.5, 0.6) is 0 Å². The molecule has 0 bridgehead atoms. The molecule has 1 N–H and O–H groups in total. The van der Waals surface area contributed by atoms with Crippen LogP contribution in [0.15, 0.2) is 30.3 Å². The van der Waals surface area contributed by atoms with Crippen LogP contribution in [-0.4, -0.2) is 16.1 Å². The molecule has 124 valence electrons. The highest BCUT2D eigenvalue weighted by Crippen LogP contribution is 2.33. The Labute approximate surface area is 146 Å². The molecule has 1 atom stereocenters. The van der Waals surface area contributed by atoms with Crippen molar-refractivity contribution in [2.75, 3.05) is 0 Å². The molecule has 4 heteroatoms. The maximum Gasteiger partial charge on any atom is 0.336 e. The summed E-state index contributed by atoms with van der Waals surface area (Å²) in [7, 11) is 0. The van der Waals surface area contributed by atoms with Crippen LogP contribution in [0.2, 0.25) is 0 Å². The number of aryl methyl sites for hydroxylation is 2. The third-order valence-corrected chi connectivity index (χ3v) is 5.53. The highest BCUT2D eigenvalue weighted by molar-refractivity contribution is 7.12. The molecule has 0 fully saturated rings. The molecule has 3 rings (SSSR count). The van der Waals surface area contributed by atoms with E-state index in [-0.39, 0.29) is 0 Å². The highest BCUT2D eigenvalue weighted by atomic mass is 32.1. The zero-order valence-corrected chi connectivity index (χ0v) is 15.2. The summed E-state index contributed by atoms with van der Waals surface area (Å²) >= 11 is 1.71. The Bertz CT molecular complexity index is 927. The van der Waals surface area contributed by atoms with Crippen molar-refractivity contribution in [3.05, 3.63) is 51.2 Å². The van der Waals surface area contributed by atoms with Gasteiger partial charge in [-0.05, 0) is 56.0 Å². The minimum Gasteiger partial charge on any atom is -0.478 e. The van der Waals surface area contributed by atoms with Gasteiger partial charge in [-0.3, -0.25) is 0 Å². The van der Waals surface area contributed by atoms with Gasteiger partial charge in [-0.1, -0.05) is 19.9 Å². The Morgan fingerprint density at radius 1 is 1.25 bits per heavy atom. The molecule has 3 aromatic rings. The molecule has 3 nitrogen and oxygen atoms in total. The summed E-state index contributed by atoms with van der Waals surface area (Å²) in [6.07, 6.45) is 1.02. The van der Waals surface area contributed by atoms with E-state index in [9.17, 15) is 9.90 Å². The fourth-order valence-electron chi connectivity index (χ4n) is 2.99. The number of carboxylic acid groups (broad SMARTS) is 1. The summed E-state index contributed by atoms with van der Waals surface area (Å²) < 4.78 is 0. The van der Waals surface area contributed by atoms with Crippen molar-refractivity contribution in [3.63, 3.8) is 0 Å². The molecule has 0 saturated heterocycles. The first kappa shape index (κ1) is 16.7. The predicted molar refractivity (Wildman–Crippen MR) is 100 cm³/mol. The number of fused-ring (bicyclic) bond motifs is 1. The number of carbonyl (C=O) groups is 1. The number of carboxylic acids is 1. The number of hydrogen-bond donors (Lipinski definition) is 1. The number of rotatable bonds is 4. The maximum atomic E-state index is 11.8. The normalized spacial score (nSPS) is 12.5. The molecule has 1 unspecified atom stereocenters. The molecule has 0 aliphatic rings. The van der Waals surface area contributed by atoms with Gasteiger partial charge in [-0.2, -0.15) is 0 Å². The SMILES string of the molecule is CCC(C)c1ccc2nc(-c3cc(C)sc3C)cc(C(=O)O)c2c1. The minimum atomic E-state index is -0.908. The van der Waals surface area contributed by atoms with Gasteiger partial charge in [0, 0.05) is 20.7 Å². The molecule has 0 aliphatic carbocycles. The molecule has 0 saturated carbocycles. The first-order chi connectivity index (χ1) is 11.4. The number of benzene rings is 1. The smallest absolute Gasteiger partial charge is 0.336 e. The fourth-order valence-corrected chi connectivity index (χ4v) is 3.92. The number of aromatic carboxylic acids is 1. The lowest BCUT2D eigenvalue weighted by Crippen LogP contribution is -2.01. The number of aromatic nitrogens is 1. The van der Waals surface area contributed by atoms with Gasteiger partial charge in [0.25, 0.3) is 0 Å². The molecular weight excluding hydrogens is 318 g/mol. The van der Waals surface area contributed by atoms with E-state index >= 15 is 0 Å². The zero-order chi connectivity index (χ0) is 17.4. The molecule has 2 aromatic heterocycles. The topological polar surface area (TPSA) is 50.2 Å². The van der Waals surface area contributed by atoms with Gasteiger partial charge in [0.2, 0.25) is 0 Å². The van der Waals surface area contributed by atoms with Crippen LogP contribution in [0.3, 0.4) is 0 Å². The minimum absolute atomic E-state index is 0.323. The largest absolute Gasteiger partial charge is 0.478 e. The molecule has 1 aromatic carbocycles. The van der Waals surface area contributed by atoms with Gasteiger partial charge in [0.15, 0.2) is 0 Å². The Kier molecular flexibility index (Phi) is 4.41. The quantitative estimate of drug-likeness (QED) is 0.654. The van der Waals surface area contributed by atoms with E-state index in [2.05, 4.69) is 32.9 Å². The standard InChI is InChI=1S/C20H21NO2S/c1-5-11(2)14-6-7-18-16(9-14)17(20(22)23)10-19(21-18)15-8-12(3)24-13(15)4/h6-11H,5H2,1-4H3,(H,22,23). The third-order valence-electron chi connectivity index (χ3n) is 4.56. The van der Waals surface area contributed by atoms with Crippen LogP contribution in [-0.2, 0) is 0 Å². The van der Waals surface area contributed by atoms with Gasteiger partial charge in [0.05, 0.1) is 16.8 Å². The molecular formula is C20H21NO2S. The summed E-state index contributed by atoms with van der Waals surface area (Å²) in [6.45, 7) is 8.39. The van der Waals surface area contributed by atoms with Gasteiger partial charge in [0.1, 0.15) is 0 Å². The number of thiophene rings is 1. The maximum absolute atomic E-state index is 11.8. The molecule has 2 heterocycles. The van der Waals surface area contributed by atoms with Crippen molar-refractivity contribution in [2.24, 2.45) is 0 Å². The number of hydrogen-bond acceptors (Lipinski definition) is 3. The number of nitrogens with zero attached hydrogens (tertiary/aromatic N) is 1. The van der Waals surface area contributed by atoms with Crippen LogP contribution in [0, 0.1) is 13.8 Å². The van der Waals surface area contributed by atoms with Crippen LogP contribution in [0.25, 0.3) is 22.2 Å². The highest BCUT2D eigenvalue weighted by Gasteiger charge is 2.16. The molecule has 0 amide bonds. The second kappa shape index (κ2) is 6.36. The first-order valence-electron chi connectivity index (χ1n) is 8.16. The summed E-state index contributed by atoms with van der Waals surface area (Å²) in [5.74, 6) is -0.507. The van der Waals surface area contributed by atoms with Gasteiger partial charge in [-0.25, -0.2) is 9.78 Å². The van der Waals surface area contributed by atoms with Gasteiger partial charge >= 0.3 is 5.97 Å². The predicted octanol–water partition coefficient (Wildman–Crippen LogP) is 5.79. The summed E-state index contributed by atoms with van der Waals surface area (Å²) in [5.41, 5.74) is 3.97. The average molecular weight is 339 g/mol. The van der Waals surface area contributed by atoms with Crippen LogP contribution in [0.4, 0.5) is 0 Å². The van der Waals surface area contributed by atoms with Crippen molar-refractivity contribution in [1.82, 2.24) is 4.98 Å². The van der Waals surface area contributed by atoms with Crippen molar-refractivity contribution >= 4 is 28.2 Å². The van der Waals surface area contributed by atoms with Crippen molar-refractivity contribution < 1.29 is 9.90 Å². The van der Waals surface area contributed by atoms with Crippen molar-refractivity contribution in [3.8, 4) is 11.3 Å². The van der Waals surface area contributed by atoms with E-state index in [1.165, 1.54) is 4.88 Å². The van der Waals surface area contributed by atoms with Gasteiger partial charge < -0.3 is 5.11 Å². The van der Waals surface area contributed by atoms with Crippen LogP contribution >= 0.6 is 11.3 Å². The lowest BCUT2D eigenvalue weighted by Gasteiger charge is -2.12. The molecule has 0 radical (unpaired) electrons. The average Bonchev–Trinajstić information content (AvgIpc) is 2.90.